The Hall–Kier alpha value is -6.51. The lowest BCUT2D eigenvalue weighted by Gasteiger charge is -2.38. The zero-order valence-corrected chi connectivity index (χ0v) is 50.9. The molecule has 10 rings (SSSR count). The normalized spacial score (nSPS) is 20.8. The van der Waals surface area contributed by atoms with Crippen LogP contribution in [-0.4, -0.2) is 152 Å². The highest BCUT2D eigenvalue weighted by molar-refractivity contribution is 7.13. The minimum Gasteiger partial charge on any atom is -0.508 e. The van der Waals surface area contributed by atoms with Crippen LogP contribution in [0.4, 0.5) is 15.0 Å². The van der Waals surface area contributed by atoms with E-state index in [1.54, 1.807) is 28.4 Å². The highest BCUT2D eigenvalue weighted by Gasteiger charge is 2.45. The van der Waals surface area contributed by atoms with Crippen molar-refractivity contribution in [1.82, 2.24) is 35.0 Å². The molecular formula is C64H78ClFN8O9S. The third kappa shape index (κ3) is 13.6. The number of thiazole rings is 1. The van der Waals surface area contributed by atoms with Gasteiger partial charge in [-0.1, -0.05) is 80.9 Å². The van der Waals surface area contributed by atoms with E-state index >= 15 is 4.39 Å². The number of fused-ring (bicyclic) bond motifs is 2. The van der Waals surface area contributed by atoms with Crippen LogP contribution < -0.4 is 15.0 Å². The van der Waals surface area contributed by atoms with Gasteiger partial charge in [0.05, 0.1) is 39.9 Å². The molecule has 4 aliphatic rings. The van der Waals surface area contributed by atoms with Crippen LogP contribution in [0.2, 0.25) is 5.02 Å². The fraction of sp³-hybridized carbons (Fsp3) is 0.516. The van der Waals surface area contributed by atoms with Gasteiger partial charge in [-0.3, -0.25) is 19.3 Å². The summed E-state index contributed by atoms with van der Waals surface area (Å²) in [7, 11) is 0. The zero-order valence-electron chi connectivity index (χ0n) is 49.3. The molecule has 6 aromatic rings. The number of aromatic nitrogens is 3. The second-order valence-corrected chi connectivity index (χ2v) is 26.5. The number of piperazine rings is 1. The summed E-state index contributed by atoms with van der Waals surface area (Å²) in [6.07, 6.45) is 2.71. The van der Waals surface area contributed by atoms with E-state index in [0.29, 0.717) is 54.9 Å². The molecule has 1 saturated carbocycles. The number of ketones is 1. The first-order chi connectivity index (χ1) is 40.0. The number of aliphatic hydroxyl groups excluding tert-OH is 1. The first kappa shape index (κ1) is 60.6. The number of rotatable bonds is 16. The van der Waals surface area contributed by atoms with E-state index in [-0.39, 0.29) is 95.6 Å². The van der Waals surface area contributed by atoms with E-state index in [4.69, 9.17) is 35.8 Å². The van der Waals surface area contributed by atoms with Crippen LogP contribution in [0.15, 0.2) is 72.2 Å². The maximum Gasteiger partial charge on any atom is 0.410 e. The van der Waals surface area contributed by atoms with Crippen LogP contribution in [0.25, 0.3) is 43.2 Å². The highest BCUT2D eigenvalue weighted by Crippen LogP contribution is 2.44. The summed E-state index contributed by atoms with van der Waals surface area (Å²) in [6, 6.07) is 19.0. The van der Waals surface area contributed by atoms with E-state index in [9.17, 15) is 29.4 Å². The van der Waals surface area contributed by atoms with E-state index in [1.807, 2.05) is 114 Å². The Labute approximate surface area is 499 Å². The van der Waals surface area contributed by atoms with Gasteiger partial charge < -0.3 is 44.4 Å². The molecule has 4 fully saturated rings. The van der Waals surface area contributed by atoms with Crippen molar-refractivity contribution in [1.29, 1.82) is 0 Å². The summed E-state index contributed by atoms with van der Waals surface area (Å²) in [5.41, 5.74) is 4.00. The number of anilines is 1. The molecule has 1 aliphatic carbocycles. The average molecular weight is 1190 g/mol. The summed E-state index contributed by atoms with van der Waals surface area (Å²) in [4.78, 5) is 77.8. The number of Topliss-reactive ketones (excluding diaryl/α,β-unsaturated/α-hetero) is 1. The van der Waals surface area contributed by atoms with Crippen molar-refractivity contribution in [3.05, 3.63) is 94.3 Å². The Morgan fingerprint density at radius 2 is 1.63 bits per heavy atom. The second kappa shape index (κ2) is 25.2. The number of likely N-dealkylation sites (tertiary alicyclic amines) is 2. The topological polar surface area (TPSA) is 200 Å². The molecule has 20 heteroatoms. The van der Waals surface area contributed by atoms with Crippen LogP contribution in [0.3, 0.4) is 0 Å². The van der Waals surface area contributed by atoms with Gasteiger partial charge in [-0.15, -0.1) is 11.3 Å². The van der Waals surface area contributed by atoms with Crippen molar-refractivity contribution >= 4 is 74.1 Å². The molecule has 2 aromatic heterocycles. The van der Waals surface area contributed by atoms with E-state index in [1.165, 1.54) is 11.0 Å². The quantitative estimate of drug-likeness (QED) is 0.0826. The Kier molecular flexibility index (Phi) is 18.2. The van der Waals surface area contributed by atoms with Crippen LogP contribution in [-0.2, 0) is 23.9 Å². The molecule has 0 radical (unpaired) electrons. The number of amides is 3. The van der Waals surface area contributed by atoms with Crippen molar-refractivity contribution in [2.75, 3.05) is 63.9 Å². The molecule has 3 amide bonds. The smallest absolute Gasteiger partial charge is 0.410 e. The lowest BCUT2D eigenvalue weighted by molar-refractivity contribution is -0.147. The monoisotopic (exact) mass is 1190 g/mol. The first-order valence-electron chi connectivity index (χ1n) is 29.4. The van der Waals surface area contributed by atoms with Crippen LogP contribution >= 0.6 is 22.9 Å². The van der Waals surface area contributed by atoms with Crippen LogP contribution in [0.1, 0.15) is 111 Å². The van der Waals surface area contributed by atoms with Crippen LogP contribution in [0.5, 0.6) is 11.8 Å². The number of benzene rings is 4. The fourth-order valence-corrected chi connectivity index (χ4v) is 13.6. The van der Waals surface area contributed by atoms with E-state index < -0.39 is 41.0 Å². The number of carbonyl (C=O) groups excluding carboxylic acids is 4. The molecule has 17 nitrogen and oxygen atoms in total. The number of hydrogen-bond donors (Lipinski definition) is 3. The lowest BCUT2D eigenvalue weighted by atomic mass is 9.77. The largest absolute Gasteiger partial charge is 0.508 e. The number of nitrogens with zero attached hydrogens (tertiary/aromatic N) is 7. The third-order valence-corrected chi connectivity index (χ3v) is 18.3. The number of aliphatic hydroxyl groups is 1. The van der Waals surface area contributed by atoms with Gasteiger partial charge in [0.2, 0.25) is 11.8 Å². The number of carbonyl (C=O) groups is 4. The number of phenolic OH excluding ortho intramolecular Hbond substituents is 1. The van der Waals surface area contributed by atoms with Crippen molar-refractivity contribution < 1.29 is 48.0 Å². The van der Waals surface area contributed by atoms with Gasteiger partial charge in [0.1, 0.15) is 41.4 Å². The maximum atomic E-state index is 17.5. The Bertz CT molecular complexity index is 3390. The molecular weight excluding hydrogens is 1110 g/mol. The highest BCUT2D eigenvalue weighted by atomic mass is 35.5. The number of nitrogens with one attached hydrogen (secondary N) is 1. The predicted octanol–water partition coefficient (Wildman–Crippen LogP) is 10.9. The lowest BCUT2D eigenvalue weighted by Crippen LogP contribution is -2.50. The molecule has 84 heavy (non-hydrogen) atoms. The standard InChI is InChI=1S/C64H78ClFN8O9S/c1-37(40-16-18-41(19-17-40)57-38(2)67-36-84-57)68-59(78)52-31-44(76)33-74(52)60(79)49(63(3,4)5)30-45(77)35-81-34-39-20-22-71(23-21-39)51-14-11-15-53(51)82-61-69-56-48(58(70-61)72-24-26-73(27-25-72)62(80)83-64(6,7)8)32-50(65)54(55(56)66)47-29-43(75)28-42-12-9-10-13-46(42)47/h9-10,12-13,16-19,28-29,32,36-37,39,44,49,51-53,75-76H,11,14-15,20-27,30-31,33-35H2,1-8H3,(H,68,78)/t37-,44+,49+,51+,52-,53+/m0/s1. The van der Waals surface area contributed by atoms with Gasteiger partial charge in [0, 0.05) is 68.5 Å². The number of halogens is 2. The average Bonchev–Trinajstić information content (AvgIpc) is 1.51. The molecule has 448 valence electrons. The SMILES string of the molecule is Cc1ncsc1-c1ccc([C@H](C)NC(=O)[C@@H]2C[C@@H](O)CN2C(=O)[C@@H](CC(=O)COCC2CCN([C@@H]3CCC[C@H]3Oc3nc(N4CCN(C(=O)OC(C)(C)C)CC4)c4cc(Cl)c(-c5cc(O)cc6ccccc56)c(F)c4n3)CC2)C(C)(C)C)cc1. The van der Waals surface area contributed by atoms with Crippen molar-refractivity contribution in [2.24, 2.45) is 17.3 Å². The number of phenols is 1. The number of aryl methyl sites for hydroxylation is 1. The second-order valence-electron chi connectivity index (χ2n) is 25.3. The molecule has 4 aromatic carbocycles. The Morgan fingerprint density at radius 3 is 2.32 bits per heavy atom. The van der Waals surface area contributed by atoms with Gasteiger partial charge in [-0.2, -0.15) is 9.97 Å². The molecule has 0 spiro atoms. The van der Waals surface area contributed by atoms with Gasteiger partial charge >= 0.3 is 12.1 Å². The fourth-order valence-electron chi connectivity index (χ4n) is 12.5. The van der Waals surface area contributed by atoms with E-state index in [0.717, 1.165) is 72.3 Å². The molecule has 5 heterocycles. The molecule has 3 saturated heterocycles. The number of ether oxygens (including phenoxy) is 3. The zero-order chi connectivity index (χ0) is 59.8. The molecule has 3 N–H and O–H groups in total. The van der Waals surface area contributed by atoms with Crippen LogP contribution in [0, 0.1) is 30.0 Å². The molecule has 0 unspecified atom stereocenters. The summed E-state index contributed by atoms with van der Waals surface area (Å²) in [6.45, 7) is 18.4. The summed E-state index contributed by atoms with van der Waals surface area (Å²) in [5, 5.41) is 26.6. The van der Waals surface area contributed by atoms with Crippen molar-refractivity contribution in [3.63, 3.8) is 0 Å². The number of β-amino-alcohol motifs (C(OH)–C–C–N with tert-alkyl or cyclic N) is 1. The molecule has 6 atom stereocenters. The summed E-state index contributed by atoms with van der Waals surface area (Å²) >= 11 is 8.60. The predicted molar refractivity (Wildman–Crippen MR) is 324 cm³/mol. The Morgan fingerprint density at radius 1 is 0.905 bits per heavy atom. The number of hydrogen-bond acceptors (Lipinski definition) is 15. The van der Waals surface area contributed by atoms with Gasteiger partial charge in [0.25, 0.3) is 0 Å². The minimum absolute atomic E-state index is 0.00467. The number of piperidine rings is 1. The van der Waals surface area contributed by atoms with Gasteiger partial charge in [-0.05, 0) is 137 Å². The Balaban J connectivity index is 0.763. The van der Waals surface area contributed by atoms with Gasteiger partial charge in [0.15, 0.2) is 11.6 Å². The van der Waals surface area contributed by atoms with Crippen molar-refractivity contribution in [3.8, 4) is 33.3 Å². The molecule has 0 bridgehead atoms. The summed E-state index contributed by atoms with van der Waals surface area (Å²) < 4.78 is 36.0. The molecule has 3 aliphatic heterocycles. The minimum atomic E-state index is -0.883. The van der Waals surface area contributed by atoms with Crippen molar-refractivity contribution in [2.45, 2.75) is 136 Å². The maximum absolute atomic E-state index is 17.5. The third-order valence-electron chi connectivity index (χ3n) is 17.0. The van der Waals surface area contributed by atoms with E-state index in [2.05, 4.69) is 15.2 Å². The number of aromatic hydroxyl groups is 1. The summed E-state index contributed by atoms with van der Waals surface area (Å²) in [5.74, 6) is -1.69. The van der Waals surface area contributed by atoms with Gasteiger partial charge in [-0.25, -0.2) is 14.2 Å². The first-order valence-corrected chi connectivity index (χ1v) is 30.7.